The number of nitrogens with one attached hydrogen (secondary N) is 1. The van der Waals surface area contributed by atoms with Crippen LogP contribution in [0.15, 0.2) is 24.5 Å². The second-order valence-electron chi connectivity index (χ2n) is 11.3. The number of thiazole rings is 1. The molecule has 0 bridgehead atoms. The summed E-state index contributed by atoms with van der Waals surface area (Å²) in [5.74, 6) is 0.320. The van der Waals surface area contributed by atoms with Crippen LogP contribution in [-0.2, 0) is 22.4 Å². The summed E-state index contributed by atoms with van der Waals surface area (Å²) < 4.78 is 2.22. The van der Waals surface area contributed by atoms with E-state index >= 15 is 0 Å². The molecule has 206 valence electrons. The van der Waals surface area contributed by atoms with Crippen LogP contribution in [0.25, 0.3) is 21.8 Å². The van der Waals surface area contributed by atoms with E-state index in [-0.39, 0.29) is 17.9 Å². The van der Waals surface area contributed by atoms with Gasteiger partial charge in [0.2, 0.25) is 11.8 Å². The third-order valence-corrected chi connectivity index (χ3v) is 9.52. The summed E-state index contributed by atoms with van der Waals surface area (Å²) in [4.78, 5) is 39.8. The van der Waals surface area contributed by atoms with Crippen molar-refractivity contribution in [2.45, 2.75) is 71.4 Å². The van der Waals surface area contributed by atoms with Gasteiger partial charge in [0, 0.05) is 68.6 Å². The minimum Gasteiger partial charge on any atom is -0.340 e. The molecule has 3 aromatic rings. The van der Waals surface area contributed by atoms with Crippen LogP contribution in [-0.4, -0.2) is 73.6 Å². The highest BCUT2D eigenvalue weighted by molar-refractivity contribution is 7.19. The van der Waals surface area contributed by atoms with Gasteiger partial charge in [-0.05, 0) is 64.5 Å². The van der Waals surface area contributed by atoms with E-state index in [9.17, 15) is 9.59 Å². The van der Waals surface area contributed by atoms with Crippen LogP contribution in [0, 0.1) is 5.92 Å². The normalized spacial score (nSPS) is 21.5. The summed E-state index contributed by atoms with van der Waals surface area (Å²) in [6.07, 6.45) is 8.97. The number of amides is 2. The van der Waals surface area contributed by atoms with Crippen LogP contribution in [0.2, 0.25) is 0 Å². The van der Waals surface area contributed by atoms with Crippen LogP contribution in [0.5, 0.6) is 0 Å². The van der Waals surface area contributed by atoms with Crippen LogP contribution in [0.4, 0.5) is 5.13 Å². The molecular weight excluding hydrogens is 510 g/mol. The number of nitrogens with zero attached hydrogens (tertiary/aromatic N) is 6. The molecule has 2 aliphatic carbocycles. The Morgan fingerprint density at radius 1 is 1.08 bits per heavy atom. The molecule has 3 aromatic heterocycles. The SMILES string of the molecule is CC(=O)Nc1nc2c(s1)-c1c(c(-c3cccnc3)nn1[C@H]1CC[C@H](C(=O)N3CCN(C(C)C)CC3)CC1)CC2. The smallest absolute Gasteiger partial charge is 0.225 e. The maximum atomic E-state index is 13.4. The third-order valence-electron chi connectivity index (χ3n) is 8.50. The van der Waals surface area contributed by atoms with Crippen molar-refractivity contribution in [1.29, 1.82) is 0 Å². The number of aromatic nitrogens is 4. The van der Waals surface area contributed by atoms with Gasteiger partial charge in [-0.15, -0.1) is 0 Å². The first-order valence-electron chi connectivity index (χ1n) is 14.2. The van der Waals surface area contributed by atoms with E-state index in [2.05, 4.69) is 44.7 Å². The molecule has 1 saturated carbocycles. The zero-order chi connectivity index (χ0) is 27.1. The molecule has 2 fully saturated rings. The zero-order valence-corrected chi connectivity index (χ0v) is 23.8. The Morgan fingerprint density at radius 3 is 2.51 bits per heavy atom. The number of aryl methyl sites for hydroxylation is 1. The minimum absolute atomic E-state index is 0.0985. The summed E-state index contributed by atoms with van der Waals surface area (Å²) in [6.45, 7) is 9.57. The van der Waals surface area contributed by atoms with Gasteiger partial charge >= 0.3 is 0 Å². The van der Waals surface area contributed by atoms with E-state index in [1.54, 1.807) is 6.20 Å². The molecule has 1 N–H and O–H groups in total. The highest BCUT2D eigenvalue weighted by atomic mass is 32.1. The standard InChI is InChI=1S/C29H37N7O2S/c1-18(2)34-13-15-35(16-14-34)28(38)20-6-8-22(9-7-20)36-26-23(25(33-36)21-5-4-12-30-17-21)10-11-24-27(26)39-29(32-24)31-19(3)37/h4-5,12,17-18,20,22H,6-11,13-16H2,1-3H3,(H,31,32,37)/t20-,22-. The molecule has 0 unspecified atom stereocenters. The van der Waals surface area contributed by atoms with E-state index in [0.29, 0.717) is 17.1 Å². The van der Waals surface area contributed by atoms with Gasteiger partial charge in [-0.2, -0.15) is 5.10 Å². The number of carbonyl (C=O) groups is 2. The van der Waals surface area contributed by atoms with Crippen LogP contribution < -0.4 is 5.32 Å². The lowest BCUT2D eigenvalue weighted by Gasteiger charge is -2.39. The van der Waals surface area contributed by atoms with Crippen LogP contribution in [0.1, 0.15) is 63.8 Å². The number of hydrogen-bond donors (Lipinski definition) is 1. The monoisotopic (exact) mass is 547 g/mol. The number of carbonyl (C=O) groups excluding carboxylic acids is 2. The fourth-order valence-corrected chi connectivity index (χ4v) is 7.51. The Hall–Kier alpha value is -3.11. The van der Waals surface area contributed by atoms with Crippen molar-refractivity contribution < 1.29 is 9.59 Å². The summed E-state index contributed by atoms with van der Waals surface area (Å²) >= 11 is 1.54. The summed E-state index contributed by atoms with van der Waals surface area (Å²) in [6, 6.07) is 4.78. The average molecular weight is 548 g/mol. The molecule has 0 atom stereocenters. The van der Waals surface area contributed by atoms with Crippen LogP contribution in [0.3, 0.4) is 0 Å². The molecule has 1 saturated heterocycles. The molecule has 6 rings (SSSR count). The molecule has 0 spiro atoms. The number of pyridine rings is 1. The predicted octanol–water partition coefficient (Wildman–Crippen LogP) is 4.41. The van der Waals surface area contributed by atoms with Crippen molar-refractivity contribution in [2.24, 2.45) is 5.92 Å². The fourth-order valence-electron chi connectivity index (χ4n) is 6.38. The summed E-state index contributed by atoms with van der Waals surface area (Å²) in [5, 5.41) is 8.72. The van der Waals surface area contributed by atoms with E-state index < -0.39 is 0 Å². The second kappa shape index (κ2) is 10.8. The van der Waals surface area contributed by atoms with E-state index in [1.165, 1.54) is 23.8 Å². The lowest BCUT2D eigenvalue weighted by molar-refractivity contribution is -0.138. The molecular formula is C29H37N7O2S. The maximum Gasteiger partial charge on any atom is 0.225 e. The minimum atomic E-state index is -0.112. The first-order chi connectivity index (χ1) is 18.9. The molecule has 2 amide bonds. The molecule has 3 aliphatic rings. The number of piperazine rings is 1. The van der Waals surface area contributed by atoms with Gasteiger partial charge in [-0.25, -0.2) is 4.98 Å². The average Bonchev–Trinajstić information content (AvgIpc) is 3.54. The Labute approximate surface area is 233 Å². The molecule has 9 nitrogen and oxygen atoms in total. The Bertz CT molecular complexity index is 1350. The Kier molecular flexibility index (Phi) is 7.24. The van der Waals surface area contributed by atoms with Crippen molar-refractivity contribution in [2.75, 3.05) is 31.5 Å². The fraction of sp³-hybridized carbons (Fsp3) is 0.552. The van der Waals surface area contributed by atoms with E-state index in [0.717, 1.165) is 92.2 Å². The highest BCUT2D eigenvalue weighted by Gasteiger charge is 2.36. The second-order valence-corrected chi connectivity index (χ2v) is 12.3. The van der Waals surface area contributed by atoms with Gasteiger partial charge in [-0.1, -0.05) is 11.3 Å². The highest BCUT2D eigenvalue weighted by Crippen LogP contribution is 2.46. The summed E-state index contributed by atoms with van der Waals surface area (Å²) in [5.41, 5.74) is 5.39. The number of anilines is 1. The quantitative estimate of drug-likeness (QED) is 0.508. The zero-order valence-electron chi connectivity index (χ0n) is 23.0. The van der Waals surface area contributed by atoms with Gasteiger partial charge in [0.15, 0.2) is 5.13 Å². The molecule has 39 heavy (non-hydrogen) atoms. The topological polar surface area (TPSA) is 96.2 Å². The van der Waals surface area contributed by atoms with Crippen molar-refractivity contribution in [1.82, 2.24) is 29.5 Å². The van der Waals surface area contributed by atoms with Crippen molar-refractivity contribution in [3.05, 3.63) is 35.8 Å². The lowest BCUT2D eigenvalue weighted by atomic mass is 9.84. The third kappa shape index (κ3) is 5.12. The van der Waals surface area contributed by atoms with E-state index in [4.69, 9.17) is 10.1 Å². The van der Waals surface area contributed by atoms with Gasteiger partial charge < -0.3 is 10.2 Å². The van der Waals surface area contributed by atoms with Crippen molar-refractivity contribution in [3.63, 3.8) is 0 Å². The van der Waals surface area contributed by atoms with Crippen molar-refractivity contribution in [3.8, 4) is 21.8 Å². The van der Waals surface area contributed by atoms with Gasteiger partial charge in [-0.3, -0.25) is 24.2 Å². The maximum absolute atomic E-state index is 13.4. The number of hydrogen-bond acceptors (Lipinski definition) is 7. The first-order valence-corrected chi connectivity index (χ1v) is 15.0. The van der Waals surface area contributed by atoms with Crippen LogP contribution >= 0.6 is 11.3 Å². The molecule has 0 aromatic carbocycles. The van der Waals surface area contributed by atoms with Gasteiger partial charge in [0.05, 0.1) is 28.0 Å². The Balaban J connectivity index is 1.25. The predicted molar refractivity (Wildman–Crippen MR) is 153 cm³/mol. The lowest BCUT2D eigenvalue weighted by Crippen LogP contribution is -2.52. The molecule has 4 heterocycles. The van der Waals surface area contributed by atoms with Crippen molar-refractivity contribution >= 4 is 28.3 Å². The molecule has 0 radical (unpaired) electrons. The molecule has 1 aliphatic heterocycles. The van der Waals surface area contributed by atoms with E-state index in [1.807, 2.05) is 12.3 Å². The van der Waals surface area contributed by atoms with Gasteiger partial charge in [0.1, 0.15) is 0 Å². The largest absolute Gasteiger partial charge is 0.340 e. The summed E-state index contributed by atoms with van der Waals surface area (Å²) in [7, 11) is 0. The number of rotatable bonds is 5. The number of fused-ring (bicyclic) bond motifs is 3. The van der Waals surface area contributed by atoms with Gasteiger partial charge in [0.25, 0.3) is 0 Å². The first kappa shape index (κ1) is 26.1. The molecule has 10 heteroatoms. The Morgan fingerprint density at radius 2 is 1.85 bits per heavy atom.